The van der Waals surface area contributed by atoms with E-state index < -0.39 is 15.7 Å². The van der Waals surface area contributed by atoms with Crippen LogP contribution in [-0.2, 0) is 15.6 Å². The second-order valence-corrected chi connectivity index (χ2v) is 6.83. The highest BCUT2D eigenvalue weighted by molar-refractivity contribution is 7.90. The normalized spacial score (nSPS) is 11.7. The lowest BCUT2D eigenvalue weighted by Gasteiger charge is -2.04. The summed E-state index contributed by atoms with van der Waals surface area (Å²) < 4.78 is 37.6. The molecule has 0 atom stereocenters. The van der Waals surface area contributed by atoms with Gasteiger partial charge in [0.2, 0.25) is 0 Å². The number of hydrogen-bond acceptors (Lipinski definition) is 5. The molecule has 0 saturated heterocycles. The van der Waals surface area contributed by atoms with E-state index in [1.54, 1.807) is 12.3 Å². The van der Waals surface area contributed by atoms with Crippen molar-refractivity contribution < 1.29 is 12.8 Å². The van der Waals surface area contributed by atoms with Crippen LogP contribution in [0.3, 0.4) is 0 Å². The zero-order chi connectivity index (χ0) is 13.3. The molecule has 0 amide bonds. The molecule has 18 heavy (non-hydrogen) atoms. The molecule has 1 aromatic carbocycles. The molecule has 7 heteroatoms. The number of sulfone groups is 1. The molecular weight excluding hydrogens is 275 g/mol. The fourth-order valence-electron chi connectivity index (χ4n) is 1.52. The largest absolute Gasteiger partial charge is 0.399 e. The molecule has 96 valence electrons. The summed E-state index contributed by atoms with van der Waals surface area (Å²) in [4.78, 5) is 3.72. The third-order valence-electron chi connectivity index (χ3n) is 2.30. The molecule has 0 aliphatic carbocycles. The van der Waals surface area contributed by atoms with E-state index in [1.165, 1.54) is 23.5 Å². The third kappa shape index (κ3) is 2.68. The lowest BCUT2D eigenvalue weighted by atomic mass is 10.3. The highest BCUT2D eigenvalue weighted by atomic mass is 32.2. The number of halogens is 1. The van der Waals surface area contributed by atoms with Crippen molar-refractivity contribution in [3.63, 3.8) is 0 Å². The minimum Gasteiger partial charge on any atom is -0.399 e. The Morgan fingerprint density at radius 2 is 2.17 bits per heavy atom. The van der Waals surface area contributed by atoms with Crippen molar-refractivity contribution in [2.75, 3.05) is 5.73 Å². The molecular formula is C11H11FN2O2S2. The molecule has 0 aliphatic heterocycles. The number of nitrogens with zero attached hydrogens (tertiary/aromatic N) is 1. The number of anilines is 1. The number of nitrogens with two attached hydrogens (primary N) is 1. The molecule has 2 N–H and O–H groups in total. The van der Waals surface area contributed by atoms with E-state index in [-0.39, 0.29) is 16.3 Å². The van der Waals surface area contributed by atoms with Crippen molar-refractivity contribution in [1.29, 1.82) is 0 Å². The summed E-state index contributed by atoms with van der Waals surface area (Å²) in [6.07, 6.45) is 0. The number of aromatic nitrogens is 1. The van der Waals surface area contributed by atoms with Gasteiger partial charge in [0.25, 0.3) is 0 Å². The van der Waals surface area contributed by atoms with Gasteiger partial charge in [-0.05, 0) is 25.1 Å². The van der Waals surface area contributed by atoms with Crippen molar-refractivity contribution in [1.82, 2.24) is 4.98 Å². The fourth-order valence-corrected chi connectivity index (χ4v) is 3.56. The van der Waals surface area contributed by atoms with Crippen LogP contribution in [0.5, 0.6) is 0 Å². The summed E-state index contributed by atoms with van der Waals surface area (Å²) >= 11 is 1.36. The maximum Gasteiger partial charge on any atom is 0.186 e. The summed E-state index contributed by atoms with van der Waals surface area (Å²) in [5, 5.41) is 2.43. The first-order chi connectivity index (χ1) is 8.38. The number of thiazole rings is 1. The molecule has 0 saturated carbocycles. The highest BCUT2D eigenvalue weighted by Crippen LogP contribution is 2.22. The Morgan fingerprint density at radius 3 is 2.72 bits per heavy atom. The van der Waals surface area contributed by atoms with Gasteiger partial charge in [-0.25, -0.2) is 17.8 Å². The summed E-state index contributed by atoms with van der Waals surface area (Å²) in [7, 11) is -3.73. The molecule has 0 spiro atoms. The summed E-state index contributed by atoms with van der Waals surface area (Å²) in [5.41, 5.74) is 6.00. The Hall–Kier alpha value is -1.47. The number of benzene rings is 1. The maximum absolute atomic E-state index is 13.6. The van der Waals surface area contributed by atoms with Crippen LogP contribution < -0.4 is 5.73 Å². The highest BCUT2D eigenvalue weighted by Gasteiger charge is 2.21. The van der Waals surface area contributed by atoms with Crippen LogP contribution in [0.2, 0.25) is 0 Å². The Labute approximate surface area is 108 Å². The summed E-state index contributed by atoms with van der Waals surface area (Å²) in [6.45, 7) is 1.78. The quantitative estimate of drug-likeness (QED) is 0.877. The molecule has 1 heterocycles. The number of rotatable bonds is 3. The number of nitrogen functional groups attached to an aromatic ring is 1. The van der Waals surface area contributed by atoms with E-state index in [1.807, 2.05) is 0 Å². The first-order valence-corrected chi connectivity index (χ1v) is 7.60. The van der Waals surface area contributed by atoms with Gasteiger partial charge in [0.05, 0.1) is 16.5 Å². The van der Waals surface area contributed by atoms with Crippen LogP contribution in [0.1, 0.15) is 10.7 Å². The van der Waals surface area contributed by atoms with Crippen molar-refractivity contribution >= 4 is 26.9 Å². The minimum absolute atomic E-state index is 0.191. The van der Waals surface area contributed by atoms with Gasteiger partial charge in [-0.3, -0.25) is 0 Å². The molecule has 0 radical (unpaired) electrons. The van der Waals surface area contributed by atoms with Crippen LogP contribution in [0.15, 0.2) is 28.5 Å². The molecule has 0 fully saturated rings. The monoisotopic (exact) mass is 286 g/mol. The van der Waals surface area contributed by atoms with Gasteiger partial charge in [0.15, 0.2) is 9.84 Å². The number of aryl methyl sites for hydroxylation is 1. The second kappa shape index (κ2) is 4.66. The average molecular weight is 286 g/mol. The van der Waals surface area contributed by atoms with E-state index in [0.717, 1.165) is 11.1 Å². The summed E-state index contributed by atoms with van der Waals surface area (Å²) in [6, 6.07) is 3.54. The van der Waals surface area contributed by atoms with E-state index >= 15 is 0 Å². The second-order valence-electron chi connectivity index (χ2n) is 3.81. The Kier molecular flexibility index (Phi) is 3.36. The van der Waals surface area contributed by atoms with Crippen molar-refractivity contribution in [2.24, 2.45) is 0 Å². The van der Waals surface area contributed by atoms with E-state index in [0.29, 0.717) is 5.69 Å². The van der Waals surface area contributed by atoms with Gasteiger partial charge in [-0.1, -0.05) is 0 Å². The van der Waals surface area contributed by atoms with Crippen molar-refractivity contribution in [3.8, 4) is 0 Å². The minimum atomic E-state index is -3.73. The summed E-state index contributed by atoms with van der Waals surface area (Å²) in [5.74, 6) is -1.14. The topological polar surface area (TPSA) is 73.0 Å². The molecule has 0 bridgehead atoms. The van der Waals surface area contributed by atoms with Crippen molar-refractivity contribution in [3.05, 3.63) is 40.1 Å². The SMILES string of the molecule is Cc1nc(CS(=O)(=O)c2ccc(N)cc2F)cs1. The zero-order valence-corrected chi connectivity index (χ0v) is 11.2. The molecule has 0 unspecified atom stereocenters. The van der Waals surface area contributed by atoms with Crippen LogP contribution in [0, 0.1) is 12.7 Å². The number of hydrogen-bond donors (Lipinski definition) is 1. The van der Waals surface area contributed by atoms with E-state index in [2.05, 4.69) is 4.98 Å². The standard InChI is InChI=1S/C11H11FN2O2S2/c1-7-14-9(5-17-7)6-18(15,16)11-3-2-8(13)4-10(11)12/h2-5H,6,13H2,1H3. The van der Waals surface area contributed by atoms with Gasteiger partial charge in [-0.2, -0.15) is 0 Å². The smallest absolute Gasteiger partial charge is 0.186 e. The predicted molar refractivity (Wildman–Crippen MR) is 68.6 cm³/mol. The van der Waals surface area contributed by atoms with Gasteiger partial charge >= 0.3 is 0 Å². The molecule has 2 aromatic rings. The molecule has 1 aromatic heterocycles. The Balaban J connectivity index is 2.36. The first-order valence-electron chi connectivity index (χ1n) is 5.07. The van der Waals surface area contributed by atoms with Gasteiger partial charge in [0.1, 0.15) is 10.7 Å². The first kappa shape index (κ1) is 13.0. The zero-order valence-electron chi connectivity index (χ0n) is 9.55. The predicted octanol–water partition coefficient (Wildman–Crippen LogP) is 2.15. The van der Waals surface area contributed by atoms with Crippen LogP contribution >= 0.6 is 11.3 Å². The molecule has 2 rings (SSSR count). The lowest BCUT2D eigenvalue weighted by molar-refractivity contribution is 0.566. The van der Waals surface area contributed by atoms with Crippen LogP contribution in [0.4, 0.5) is 10.1 Å². The molecule has 0 aliphatic rings. The van der Waals surface area contributed by atoms with E-state index in [4.69, 9.17) is 5.73 Å². The van der Waals surface area contributed by atoms with Crippen LogP contribution in [0.25, 0.3) is 0 Å². The Bertz CT molecular complexity index is 680. The average Bonchev–Trinajstić information content (AvgIpc) is 2.62. The van der Waals surface area contributed by atoms with Crippen LogP contribution in [-0.4, -0.2) is 13.4 Å². The van der Waals surface area contributed by atoms with E-state index in [9.17, 15) is 12.8 Å². The van der Waals surface area contributed by atoms with Gasteiger partial charge in [-0.15, -0.1) is 11.3 Å². The Morgan fingerprint density at radius 1 is 1.44 bits per heavy atom. The van der Waals surface area contributed by atoms with Crippen molar-refractivity contribution in [2.45, 2.75) is 17.6 Å². The lowest BCUT2D eigenvalue weighted by Crippen LogP contribution is -2.08. The molecule has 4 nitrogen and oxygen atoms in total. The fraction of sp³-hybridized carbons (Fsp3) is 0.182. The maximum atomic E-state index is 13.6. The third-order valence-corrected chi connectivity index (χ3v) is 4.79. The van der Waals surface area contributed by atoms with Gasteiger partial charge < -0.3 is 5.73 Å². The van der Waals surface area contributed by atoms with Gasteiger partial charge in [0, 0.05) is 11.1 Å².